The highest BCUT2D eigenvalue weighted by Crippen LogP contribution is 2.16. The van der Waals surface area contributed by atoms with E-state index < -0.39 is 11.6 Å². The molecule has 0 saturated carbocycles. The molecular weight excluding hydrogens is 280 g/mol. The topological polar surface area (TPSA) is 29.1 Å². The highest BCUT2D eigenvalue weighted by atomic mass is 32.2. The van der Waals surface area contributed by atoms with Crippen LogP contribution in [0.1, 0.15) is 5.56 Å². The van der Waals surface area contributed by atoms with Gasteiger partial charge in [0.2, 0.25) is 5.91 Å². The number of benzene rings is 2. The van der Waals surface area contributed by atoms with Gasteiger partial charge in [-0.15, -0.1) is 11.8 Å². The summed E-state index contributed by atoms with van der Waals surface area (Å²) in [7, 11) is 0. The van der Waals surface area contributed by atoms with Crippen LogP contribution in [0.5, 0.6) is 0 Å². The molecule has 0 aromatic heterocycles. The molecule has 0 aliphatic heterocycles. The van der Waals surface area contributed by atoms with Crippen molar-refractivity contribution in [1.82, 2.24) is 0 Å². The number of hydrogen-bond donors (Lipinski definition) is 1. The van der Waals surface area contributed by atoms with Gasteiger partial charge in [-0.25, -0.2) is 8.78 Å². The maximum atomic E-state index is 13.3. The molecule has 104 valence electrons. The van der Waals surface area contributed by atoms with Crippen molar-refractivity contribution in [1.29, 1.82) is 0 Å². The summed E-state index contributed by atoms with van der Waals surface area (Å²) in [6.07, 6.45) is 0. The van der Waals surface area contributed by atoms with E-state index in [4.69, 9.17) is 0 Å². The molecule has 2 nitrogen and oxygen atoms in total. The van der Waals surface area contributed by atoms with Gasteiger partial charge in [-0.3, -0.25) is 4.79 Å². The normalized spacial score (nSPS) is 10.3. The number of amides is 1. The fourth-order valence-corrected chi connectivity index (χ4v) is 2.40. The van der Waals surface area contributed by atoms with Crippen LogP contribution >= 0.6 is 11.8 Å². The van der Waals surface area contributed by atoms with E-state index in [0.717, 1.165) is 23.8 Å². The monoisotopic (exact) mass is 293 g/mol. The molecule has 0 aliphatic rings. The molecule has 0 aliphatic carbocycles. The third-order valence-electron chi connectivity index (χ3n) is 2.55. The number of rotatable bonds is 5. The van der Waals surface area contributed by atoms with E-state index in [9.17, 15) is 13.6 Å². The summed E-state index contributed by atoms with van der Waals surface area (Å²) >= 11 is 1.42. The zero-order valence-electron chi connectivity index (χ0n) is 10.6. The van der Waals surface area contributed by atoms with E-state index >= 15 is 0 Å². The molecule has 20 heavy (non-hydrogen) atoms. The SMILES string of the molecule is O=C(CSCc1ccccc1)Nc1cc(F)ccc1F. The second kappa shape index (κ2) is 7.05. The van der Waals surface area contributed by atoms with Crippen LogP contribution in [0.4, 0.5) is 14.5 Å². The molecular formula is C15H13F2NOS. The van der Waals surface area contributed by atoms with Crippen molar-refractivity contribution in [3.05, 3.63) is 65.7 Å². The number of nitrogens with one attached hydrogen (secondary N) is 1. The Bertz CT molecular complexity index is 590. The van der Waals surface area contributed by atoms with E-state index in [1.807, 2.05) is 30.3 Å². The van der Waals surface area contributed by atoms with Gasteiger partial charge in [-0.05, 0) is 17.7 Å². The Balaban J connectivity index is 1.82. The molecule has 0 heterocycles. The second-order valence-corrected chi connectivity index (χ2v) is 5.14. The van der Waals surface area contributed by atoms with Crippen LogP contribution in [0.3, 0.4) is 0 Å². The minimum atomic E-state index is -0.646. The Morgan fingerprint density at radius 1 is 1.10 bits per heavy atom. The smallest absolute Gasteiger partial charge is 0.234 e. The Kier molecular flexibility index (Phi) is 5.12. The Labute approximate surface area is 120 Å². The molecule has 0 bridgehead atoms. The van der Waals surface area contributed by atoms with Crippen LogP contribution in [-0.4, -0.2) is 11.7 Å². The van der Waals surface area contributed by atoms with Crippen molar-refractivity contribution < 1.29 is 13.6 Å². The molecule has 0 atom stereocenters. The Hall–Kier alpha value is -1.88. The summed E-state index contributed by atoms with van der Waals surface area (Å²) in [5.41, 5.74) is 0.984. The van der Waals surface area contributed by atoms with Gasteiger partial charge in [0.05, 0.1) is 11.4 Å². The first kappa shape index (κ1) is 14.5. The van der Waals surface area contributed by atoms with Gasteiger partial charge >= 0.3 is 0 Å². The minimum absolute atomic E-state index is 0.129. The summed E-state index contributed by atoms with van der Waals surface area (Å²) in [6.45, 7) is 0. The van der Waals surface area contributed by atoms with Gasteiger partial charge in [-0.2, -0.15) is 0 Å². The van der Waals surface area contributed by atoms with Gasteiger partial charge in [0.15, 0.2) is 0 Å². The number of thioether (sulfide) groups is 1. The van der Waals surface area contributed by atoms with Crippen LogP contribution in [-0.2, 0) is 10.5 Å². The van der Waals surface area contributed by atoms with Gasteiger partial charge in [0.1, 0.15) is 11.6 Å². The van der Waals surface area contributed by atoms with Crippen LogP contribution in [0.2, 0.25) is 0 Å². The predicted octanol–water partition coefficient (Wildman–Crippen LogP) is 3.84. The summed E-state index contributed by atoms with van der Waals surface area (Å²) in [4.78, 5) is 11.6. The largest absolute Gasteiger partial charge is 0.323 e. The number of halogens is 2. The van der Waals surface area contributed by atoms with Crippen molar-refractivity contribution >= 4 is 23.4 Å². The first-order valence-corrected chi connectivity index (χ1v) is 7.17. The maximum absolute atomic E-state index is 13.3. The molecule has 0 spiro atoms. The molecule has 2 rings (SSSR count). The summed E-state index contributed by atoms with van der Waals surface area (Å²) < 4.78 is 26.3. The third kappa shape index (κ3) is 4.35. The highest BCUT2D eigenvalue weighted by Gasteiger charge is 2.08. The van der Waals surface area contributed by atoms with Crippen molar-refractivity contribution in [2.45, 2.75) is 5.75 Å². The molecule has 2 aromatic rings. The molecule has 0 saturated heterocycles. The van der Waals surface area contributed by atoms with Gasteiger partial charge < -0.3 is 5.32 Å². The predicted molar refractivity (Wildman–Crippen MR) is 77.6 cm³/mol. The molecule has 2 aromatic carbocycles. The quantitative estimate of drug-likeness (QED) is 0.907. The van der Waals surface area contributed by atoms with Crippen molar-refractivity contribution in [3.63, 3.8) is 0 Å². The number of anilines is 1. The molecule has 0 unspecified atom stereocenters. The zero-order chi connectivity index (χ0) is 14.4. The van der Waals surface area contributed by atoms with Gasteiger partial charge in [0.25, 0.3) is 0 Å². The average molecular weight is 293 g/mol. The first-order valence-electron chi connectivity index (χ1n) is 6.02. The summed E-state index contributed by atoms with van der Waals surface area (Å²) in [6, 6.07) is 12.7. The summed E-state index contributed by atoms with van der Waals surface area (Å²) in [5.74, 6) is -0.702. The van der Waals surface area contributed by atoms with Crippen molar-refractivity contribution in [3.8, 4) is 0 Å². The van der Waals surface area contributed by atoms with E-state index in [1.54, 1.807) is 0 Å². The molecule has 1 N–H and O–H groups in total. The lowest BCUT2D eigenvalue weighted by Crippen LogP contribution is -2.15. The minimum Gasteiger partial charge on any atom is -0.323 e. The number of carbonyl (C=O) groups is 1. The lowest BCUT2D eigenvalue weighted by molar-refractivity contribution is -0.113. The van der Waals surface area contributed by atoms with Crippen molar-refractivity contribution in [2.75, 3.05) is 11.1 Å². The molecule has 5 heteroatoms. The van der Waals surface area contributed by atoms with Crippen molar-refractivity contribution in [2.24, 2.45) is 0 Å². The third-order valence-corrected chi connectivity index (χ3v) is 3.55. The summed E-state index contributed by atoms with van der Waals surface area (Å²) in [5, 5.41) is 2.36. The zero-order valence-corrected chi connectivity index (χ0v) is 11.4. The first-order chi connectivity index (χ1) is 9.65. The second-order valence-electron chi connectivity index (χ2n) is 4.15. The number of carbonyl (C=O) groups excluding carboxylic acids is 1. The highest BCUT2D eigenvalue weighted by molar-refractivity contribution is 7.99. The van der Waals surface area contributed by atoms with Crippen LogP contribution < -0.4 is 5.32 Å². The van der Waals surface area contributed by atoms with Gasteiger partial charge in [-0.1, -0.05) is 30.3 Å². The maximum Gasteiger partial charge on any atom is 0.234 e. The molecule has 0 radical (unpaired) electrons. The van der Waals surface area contributed by atoms with Gasteiger partial charge in [0, 0.05) is 11.8 Å². The molecule has 1 amide bonds. The average Bonchev–Trinajstić information content (AvgIpc) is 2.44. The number of hydrogen-bond acceptors (Lipinski definition) is 2. The fourth-order valence-electron chi connectivity index (χ4n) is 1.62. The Morgan fingerprint density at radius 2 is 1.85 bits per heavy atom. The van der Waals surface area contributed by atoms with Crippen LogP contribution in [0.25, 0.3) is 0 Å². The fraction of sp³-hybridized carbons (Fsp3) is 0.133. The lowest BCUT2D eigenvalue weighted by Gasteiger charge is -2.06. The van der Waals surface area contributed by atoms with E-state index in [1.165, 1.54) is 11.8 Å². The van der Waals surface area contributed by atoms with Crippen LogP contribution in [0, 0.1) is 11.6 Å². The standard InChI is InChI=1S/C15H13F2NOS/c16-12-6-7-13(17)14(8-12)18-15(19)10-20-9-11-4-2-1-3-5-11/h1-8H,9-10H2,(H,18,19). The van der Waals surface area contributed by atoms with Crippen LogP contribution in [0.15, 0.2) is 48.5 Å². The Morgan fingerprint density at radius 3 is 2.60 bits per heavy atom. The van der Waals surface area contributed by atoms with E-state index in [-0.39, 0.29) is 17.3 Å². The molecule has 0 fully saturated rings. The lowest BCUT2D eigenvalue weighted by atomic mass is 10.2. The van der Waals surface area contributed by atoms with E-state index in [0.29, 0.717) is 5.75 Å². The van der Waals surface area contributed by atoms with E-state index in [2.05, 4.69) is 5.32 Å².